The van der Waals surface area contributed by atoms with Gasteiger partial charge in [-0.05, 0) is 19.3 Å². The van der Waals surface area contributed by atoms with Crippen LogP contribution in [0.4, 0.5) is 4.39 Å². The SMILES string of the molecule is C[C@]1(CCNN)CCCCCCC1F. The van der Waals surface area contributed by atoms with Crippen molar-refractivity contribution < 1.29 is 4.39 Å². The molecule has 2 nitrogen and oxygen atoms in total. The van der Waals surface area contributed by atoms with Crippen LogP contribution in [-0.4, -0.2) is 12.7 Å². The summed E-state index contributed by atoms with van der Waals surface area (Å²) in [5.74, 6) is 5.25. The van der Waals surface area contributed by atoms with Gasteiger partial charge in [0.25, 0.3) is 0 Å². The number of hydrogen-bond donors (Lipinski definition) is 2. The predicted octanol–water partition coefficient (Wildman–Crippen LogP) is 2.54. The van der Waals surface area contributed by atoms with Crippen LogP contribution in [0, 0.1) is 5.41 Å². The lowest BCUT2D eigenvalue weighted by molar-refractivity contribution is 0.0814. The second-order valence-electron chi connectivity index (χ2n) is 4.78. The van der Waals surface area contributed by atoms with Gasteiger partial charge in [0, 0.05) is 12.0 Å². The summed E-state index contributed by atoms with van der Waals surface area (Å²) in [4.78, 5) is 0. The summed E-state index contributed by atoms with van der Waals surface area (Å²) in [6.07, 6.45) is 6.64. The molecule has 1 aliphatic rings. The van der Waals surface area contributed by atoms with Crippen molar-refractivity contribution in [3.05, 3.63) is 0 Å². The Bertz CT molecular complexity index is 159. The van der Waals surface area contributed by atoms with E-state index in [4.69, 9.17) is 5.84 Å². The lowest BCUT2D eigenvalue weighted by Gasteiger charge is -2.34. The molecule has 1 rings (SSSR count). The van der Waals surface area contributed by atoms with Crippen LogP contribution in [0.3, 0.4) is 0 Å². The molecule has 0 aromatic heterocycles. The van der Waals surface area contributed by atoms with E-state index in [1.165, 1.54) is 19.3 Å². The maximum atomic E-state index is 13.9. The highest BCUT2D eigenvalue weighted by atomic mass is 19.1. The minimum Gasteiger partial charge on any atom is -0.271 e. The standard InChI is InChI=1S/C11H23FN2/c1-11(8-9-14-13)7-5-3-2-4-6-10(11)12/h10,14H,2-9,13H2,1H3/t10?,11-/m1/s1. The molecule has 0 aromatic carbocycles. The molecule has 0 heterocycles. The minimum atomic E-state index is -0.642. The Morgan fingerprint density at radius 3 is 2.79 bits per heavy atom. The Balaban J connectivity index is 2.49. The Morgan fingerprint density at radius 1 is 1.36 bits per heavy atom. The first-order chi connectivity index (χ1) is 6.69. The van der Waals surface area contributed by atoms with E-state index in [1.807, 2.05) is 0 Å². The topological polar surface area (TPSA) is 38.0 Å². The molecule has 84 valence electrons. The summed E-state index contributed by atoms with van der Waals surface area (Å²) in [5.41, 5.74) is 2.48. The molecule has 1 unspecified atom stereocenters. The molecule has 0 aromatic rings. The van der Waals surface area contributed by atoms with Crippen LogP contribution in [0.15, 0.2) is 0 Å². The Hall–Kier alpha value is -0.150. The van der Waals surface area contributed by atoms with E-state index >= 15 is 0 Å². The van der Waals surface area contributed by atoms with Crippen molar-refractivity contribution in [2.75, 3.05) is 6.54 Å². The van der Waals surface area contributed by atoms with Crippen molar-refractivity contribution in [2.24, 2.45) is 11.3 Å². The molecule has 0 amide bonds. The summed E-state index contributed by atoms with van der Waals surface area (Å²) < 4.78 is 13.9. The Morgan fingerprint density at radius 2 is 2.07 bits per heavy atom. The van der Waals surface area contributed by atoms with E-state index in [2.05, 4.69) is 12.3 Å². The van der Waals surface area contributed by atoms with E-state index in [0.717, 1.165) is 32.2 Å². The first-order valence-electron chi connectivity index (χ1n) is 5.76. The van der Waals surface area contributed by atoms with Crippen molar-refractivity contribution in [3.8, 4) is 0 Å². The fraction of sp³-hybridized carbons (Fsp3) is 1.00. The van der Waals surface area contributed by atoms with E-state index in [-0.39, 0.29) is 5.41 Å². The molecule has 0 aliphatic heterocycles. The predicted molar refractivity (Wildman–Crippen MR) is 57.5 cm³/mol. The van der Waals surface area contributed by atoms with Crippen LogP contribution in [0.1, 0.15) is 51.9 Å². The van der Waals surface area contributed by atoms with Gasteiger partial charge in [-0.25, -0.2) is 4.39 Å². The van der Waals surface area contributed by atoms with Crippen molar-refractivity contribution in [1.82, 2.24) is 5.43 Å². The van der Waals surface area contributed by atoms with Gasteiger partial charge in [-0.1, -0.05) is 32.6 Å². The van der Waals surface area contributed by atoms with Gasteiger partial charge < -0.3 is 0 Å². The molecule has 0 saturated heterocycles. The lowest BCUT2D eigenvalue weighted by atomic mass is 9.74. The van der Waals surface area contributed by atoms with Gasteiger partial charge in [0.1, 0.15) is 6.17 Å². The zero-order valence-corrected chi connectivity index (χ0v) is 9.19. The fourth-order valence-electron chi connectivity index (χ4n) is 2.35. The third kappa shape index (κ3) is 3.21. The average molecular weight is 202 g/mol. The number of nitrogens with one attached hydrogen (secondary N) is 1. The quantitative estimate of drug-likeness (QED) is 0.545. The van der Waals surface area contributed by atoms with Crippen LogP contribution >= 0.6 is 0 Å². The van der Waals surface area contributed by atoms with E-state index in [0.29, 0.717) is 0 Å². The van der Waals surface area contributed by atoms with Crippen LogP contribution in [0.2, 0.25) is 0 Å². The summed E-state index contributed by atoms with van der Waals surface area (Å²) in [6.45, 7) is 2.79. The molecule has 0 spiro atoms. The normalized spacial score (nSPS) is 34.9. The van der Waals surface area contributed by atoms with Crippen LogP contribution < -0.4 is 11.3 Å². The van der Waals surface area contributed by atoms with Gasteiger partial charge >= 0.3 is 0 Å². The molecule has 1 saturated carbocycles. The second kappa shape index (κ2) is 5.66. The van der Waals surface area contributed by atoms with Crippen LogP contribution in [0.5, 0.6) is 0 Å². The summed E-state index contributed by atoms with van der Waals surface area (Å²) >= 11 is 0. The van der Waals surface area contributed by atoms with Crippen LogP contribution in [0.25, 0.3) is 0 Å². The Kier molecular flexibility index (Phi) is 4.82. The highest BCUT2D eigenvalue weighted by Gasteiger charge is 2.33. The first kappa shape index (κ1) is 11.9. The number of hydrazine groups is 1. The smallest absolute Gasteiger partial charge is 0.105 e. The van der Waals surface area contributed by atoms with Gasteiger partial charge in [0.2, 0.25) is 0 Å². The molecule has 0 radical (unpaired) electrons. The van der Waals surface area contributed by atoms with Gasteiger partial charge in [0.05, 0.1) is 0 Å². The zero-order valence-electron chi connectivity index (χ0n) is 9.19. The van der Waals surface area contributed by atoms with Gasteiger partial charge in [-0.2, -0.15) is 0 Å². The Labute approximate surface area is 86.4 Å². The average Bonchev–Trinajstić information content (AvgIpc) is 2.17. The maximum absolute atomic E-state index is 13.9. The third-order valence-corrected chi connectivity index (χ3v) is 3.55. The van der Waals surface area contributed by atoms with Crippen molar-refractivity contribution >= 4 is 0 Å². The highest BCUT2D eigenvalue weighted by Crippen LogP contribution is 2.38. The molecule has 3 N–H and O–H groups in total. The van der Waals surface area contributed by atoms with E-state index < -0.39 is 6.17 Å². The van der Waals surface area contributed by atoms with E-state index in [9.17, 15) is 4.39 Å². The number of rotatable bonds is 3. The number of nitrogens with two attached hydrogens (primary N) is 1. The lowest BCUT2D eigenvalue weighted by Crippen LogP contribution is -2.35. The summed E-state index contributed by atoms with van der Waals surface area (Å²) in [7, 11) is 0. The monoisotopic (exact) mass is 202 g/mol. The molecular weight excluding hydrogens is 179 g/mol. The summed E-state index contributed by atoms with van der Waals surface area (Å²) in [5, 5.41) is 0. The summed E-state index contributed by atoms with van der Waals surface area (Å²) in [6, 6.07) is 0. The van der Waals surface area contributed by atoms with Gasteiger partial charge in [0.15, 0.2) is 0 Å². The first-order valence-corrected chi connectivity index (χ1v) is 5.76. The number of halogens is 1. The van der Waals surface area contributed by atoms with Crippen molar-refractivity contribution in [3.63, 3.8) is 0 Å². The number of alkyl halides is 1. The third-order valence-electron chi connectivity index (χ3n) is 3.55. The molecule has 3 heteroatoms. The second-order valence-corrected chi connectivity index (χ2v) is 4.78. The fourth-order valence-corrected chi connectivity index (χ4v) is 2.35. The number of hydrogen-bond acceptors (Lipinski definition) is 2. The van der Waals surface area contributed by atoms with Gasteiger partial charge in [-0.3, -0.25) is 11.3 Å². The molecule has 2 atom stereocenters. The molecule has 14 heavy (non-hydrogen) atoms. The molecule has 1 aliphatic carbocycles. The van der Waals surface area contributed by atoms with E-state index in [1.54, 1.807) is 0 Å². The molecule has 0 bridgehead atoms. The highest BCUT2D eigenvalue weighted by molar-refractivity contribution is 4.84. The zero-order chi connectivity index (χ0) is 10.4. The van der Waals surface area contributed by atoms with Crippen molar-refractivity contribution in [1.29, 1.82) is 0 Å². The van der Waals surface area contributed by atoms with Crippen LogP contribution in [-0.2, 0) is 0 Å². The molecule has 1 fully saturated rings. The minimum absolute atomic E-state index is 0.146. The largest absolute Gasteiger partial charge is 0.271 e. The van der Waals surface area contributed by atoms with Crippen molar-refractivity contribution in [2.45, 2.75) is 58.0 Å². The van der Waals surface area contributed by atoms with Gasteiger partial charge in [-0.15, -0.1) is 0 Å². The maximum Gasteiger partial charge on any atom is 0.105 e. The molecular formula is C11H23FN2.